The van der Waals surface area contributed by atoms with Crippen molar-refractivity contribution in [1.82, 2.24) is 10.2 Å². The maximum absolute atomic E-state index is 12.9. The Kier molecular flexibility index (Phi) is 6.76. The molecule has 156 valence electrons. The number of morpholine rings is 1. The van der Waals surface area contributed by atoms with Crippen molar-refractivity contribution < 1.29 is 27.4 Å². The highest BCUT2D eigenvalue weighted by atomic mass is 19.4. The largest absolute Gasteiger partial charge is 0.497 e. The number of hydrogen-bond donors (Lipinski definition) is 1. The number of halogens is 3. The van der Waals surface area contributed by atoms with Crippen LogP contribution in [0.1, 0.15) is 27.5 Å². The van der Waals surface area contributed by atoms with Gasteiger partial charge in [-0.1, -0.05) is 18.2 Å². The summed E-state index contributed by atoms with van der Waals surface area (Å²) in [5.41, 5.74) is 0.123. The number of ether oxygens (including phenoxy) is 2. The predicted octanol–water partition coefficient (Wildman–Crippen LogP) is 3.52. The molecule has 1 atom stereocenters. The SMILES string of the molecule is COc1ccc([C@@H](CNC(=O)c2cccc(C(F)(F)F)c2)N2CCOCC2)cc1. The zero-order valence-corrected chi connectivity index (χ0v) is 16.0. The fourth-order valence-corrected chi connectivity index (χ4v) is 3.30. The minimum Gasteiger partial charge on any atom is -0.497 e. The zero-order chi connectivity index (χ0) is 20.9. The predicted molar refractivity (Wildman–Crippen MR) is 102 cm³/mol. The van der Waals surface area contributed by atoms with Gasteiger partial charge in [0.1, 0.15) is 5.75 Å². The van der Waals surface area contributed by atoms with Crippen LogP contribution in [0.3, 0.4) is 0 Å². The van der Waals surface area contributed by atoms with Crippen LogP contribution in [0.5, 0.6) is 5.75 Å². The number of rotatable bonds is 6. The second-order valence-corrected chi connectivity index (χ2v) is 6.73. The van der Waals surface area contributed by atoms with Crippen LogP contribution in [0.4, 0.5) is 13.2 Å². The third-order valence-electron chi connectivity index (χ3n) is 4.90. The summed E-state index contributed by atoms with van der Waals surface area (Å²) in [6.45, 7) is 2.86. The van der Waals surface area contributed by atoms with Gasteiger partial charge in [0.2, 0.25) is 0 Å². The molecule has 3 rings (SSSR count). The first-order chi connectivity index (χ1) is 13.9. The van der Waals surface area contributed by atoms with Gasteiger partial charge in [-0.05, 0) is 35.9 Å². The molecule has 0 aromatic heterocycles. The fourth-order valence-electron chi connectivity index (χ4n) is 3.30. The van der Waals surface area contributed by atoms with Crippen molar-refractivity contribution in [2.24, 2.45) is 0 Å². The van der Waals surface area contributed by atoms with Crippen LogP contribution < -0.4 is 10.1 Å². The third kappa shape index (κ3) is 5.48. The molecule has 1 aliphatic heterocycles. The highest BCUT2D eigenvalue weighted by Crippen LogP contribution is 2.29. The maximum atomic E-state index is 12.9. The molecular formula is C21H23F3N2O3. The van der Waals surface area contributed by atoms with Gasteiger partial charge in [0, 0.05) is 25.2 Å². The van der Waals surface area contributed by atoms with Crippen LogP contribution in [-0.4, -0.2) is 50.8 Å². The Labute approximate surface area is 167 Å². The number of nitrogens with zero attached hydrogens (tertiary/aromatic N) is 1. The minimum atomic E-state index is -4.49. The average Bonchev–Trinajstić information content (AvgIpc) is 2.74. The molecule has 1 N–H and O–H groups in total. The molecule has 0 saturated carbocycles. The summed E-state index contributed by atoms with van der Waals surface area (Å²) in [6, 6.07) is 11.8. The number of nitrogens with one attached hydrogen (secondary N) is 1. The lowest BCUT2D eigenvalue weighted by Gasteiger charge is -2.35. The van der Waals surface area contributed by atoms with E-state index in [2.05, 4.69) is 10.2 Å². The summed E-state index contributed by atoms with van der Waals surface area (Å²) < 4.78 is 49.3. The van der Waals surface area contributed by atoms with Gasteiger partial charge in [-0.2, -0.15) is 13.2 Å². The van der Waals surface area contributed by atoms with Crippen LogP contribution in [0.25, 0.3) is 0 Å². The molecular weight excluding hydrogens is 385 g/mol. The fraction of sp³-hybridized carbons (Fsp3) is 0.381. The van der Waals surface area contributed by atoms with Crippen molar-refractivity contribution in [3.63, 3.8) is 0 Å². The molecule has 1 saturated heterocycles. The first-order valence-corrected chi connectivity index (χ1v) is 9.29. The zero-order valence-electron chi connectivity index (χ0n) is 16.0. The Morgan fingerprint density at radius 2 is 1.86 bits per heavy atom. The van der Waals surface area contributed by atoms with E-state index < -0.39 is 17.6 Å². The van der Waals surface area contributed by atoms with Crippen molar-refractivity contribution in [2.75, 3.05) is 40.0 Å². The molecule has 2 aromatic carbocycles. The highest BCUT2D eigenvalue weighted by Gasteiger charge is 2.31. The van der Waals surface area contributed by atoms with Crippen LogP contribution in [0.2, 0.25) is 0 Å². The van der Waals surface area contributed by atoms with Crippen molar-refractivity contribution in [3.8, 4) is 5.75 Å². The van der Waals surface area contributed by atoms with E-state index in [1.54, 1.807) is 7.11 Å². The van der Waals surface area contributed by atoms with Gasteiger partial charge in [0.25, 0.3) is 5.91 Å². The maximum Gasteiger partial charge on any atom is 0.416 e. The molecule has 1 amide bonds. The first-order valence-electron chi connectivity index (χ1n) is 9.29. The number of carbonyl (C=O) groups is 1. The van der Waals surface area contributed by atoms with Gasteiger partial charge in [-0.15, -0.1) is 0 Å². The van der Waals surface area contributed by atoms with E-state index in [1.165, 1.54) is 12.1 Å². The van der Waals surface area contributed by atoms with E-state index in [0.717, 1.165) is 23.4 Å². The number of alkyl halides is 3. The Morgan fingerprint density at radius 3 is 2.48 bits per heavy atom. The van der Waals surface area contributed by atoms with Gasteiger partial charge in [-0.3, -0.25) is 9.69 Å². The number of hydrogen-bond acceptors (Lipinski definition) is 4. The molecule has 0 bridgehead atoms. The summed E-state index contributed by atoms with van der Waals surface area (Å²) in [4.78, 5) is 14.7. The summed E-state index contributed by atoms with van der Waals surface area (Å²) in [5, 5.41) is 2.78. The quantitative estimate of drug-likeness (QED) is 0.795. The second-order valence-electron chi connectivity index (χ2n) is 6.73. The van der Waals surface area contributed by atoms with Crippen molar-refractivity contribution in [1.29, 1.82) is 0 Å². The monoisotopic (exact) mass is 408 g/mol. The van der Waals surface area contributed by atoms with Gasteiger partial charge in [0.15, 0.2) is 0 Å². The topological polar surface area (TPSA) is 50.8 Å². The third-order valence-corrected chi connectivity index (χ3v) is 4.90. The van der Waals surface area contributed by atoms with Crippen LogP contribution in [-0.2, 0) is 10.9 Å². The number of amides is 1. The molecule has 1 heterocycles. The Morgan fingerprint density at radius 1 is 1.17 bits per heavy atom. The van der Waals surface area contributed by atoms with Gasteiger partial charge in [0.05, 0.1) is 31.9 Å². The first kappa shape index (κ1) is 21.1. The van der Waals surface area contributed by atoms with E-state index in [0.29, 0.717) is 26.3 Å². The van der Waals surface area contributed by atoms with E-state index in [4.69, 9.17) is 9.47 Å². The van der Waals surface area contributed by atoms with E-state index in [1.807, 2.05) is 24.3 Å². The lowest BCUT2D eigenvalue weighted by molar-refractivity contribution is -0.137. The summed E-state index contributed by atoms with van der Waals surface area (Å²) >= 11 is 0. The smallest absolute Gasteiger partial charge is 0.416 e. The number of carbonyl (C=O) groups excluding carboxylic acids is 1. The highest BCUT2D eigenvalue weighted by molar-refractivity contribution is 5.94. The molecule has 29 heavy (non-hydrogen) atoms. The molecule has 1 aliphatic rings. The average molecular weight is 408 g/mol. The Bertz CT molecular complexity index is 819. The molecule has 0 spiro atoms. The molecule has 1 fully saturated rings. The van der Waals surface area contributed by atoms with Crippen molar-refractivity contribution in [2.45, 2.75) is 12.2 Å². The van der Waals surface area contributed by atoms with E-state index in [-0.39, 0.29) is 18.2 Å². The number of methoxy groups -OCH3 is 1. The van der Waals surface area contributed by atoms with Crippen molar-refractivity contribution in [3.05, 3.63) is 65.2 Å². The normalized spacial score (nSPS) is 16.3. The number of benzene rings is 2. The Hall–Kier alpha value is -2.58. The molecule has 2 aromatic rings. The van der Waals surface area contributed by atoms with Gasteiger partial charge in [-0.25, -0.2) is 0 Å². The van der Waals surface area contributed by atoms with Crippen LogP contribution in [0, 0.1) is 0 Å². The second kappa shape index (κ2) is 9.28. The van der Waals surface area contributed by atoms with E-state index in [9.17, 15) is 18.0 Å². The van der Waals surface area contributed by atoms with Crippen molar-refractivity contribution >= 4 is 5.91 Å². The molecule has 0 aliphatic carbocycles. The standard InChI is InChI=1S/C21H23F3N2O3/c1-28-18-7-5-15(6-8-18)19(26-9-11-29-12-10-26)14-25-20(27)16-3-2-4-17(13-16)21(22,23)24/h2-8,13,19H,9-12,14H2,1H3,(H,25,27)/t19-/m1/s1. The molecule has 5 nitrogen and oxygen atoms in total. The molecule has 0 unspecified atom stereocenters. The van der Waals surface area contributed by atoms with E-state index >= 15 is 0 Å². The summed E-state index contributed by atoms with van der Waals surface area (Å²) in [5.74, 6) is 0.186. The van der Waals surface area contributed by atoms with Crippen LogP contribution >= 0.6 is 0 Å². The summed E-state index contributed by atoms with van der Waals surface area (Å²) in [6.07, 6.45) is -4.49. The molecule has 8 heteroatoms. The molecule has 0 radical (unpaired) electrons. The summed E-state index contributed by atoms with van der Waals surface area (Å²) in [7, 11) is 1.59. The lowest BCUT2D eigenvalue weighted by atomic mass is 10.0. The Balaban J connectivity index is 1.74. The van der Waals surface area contributed by atoms with Crippen LogP contribution in [0.15, 0.2) is 48.5 Å². The van der Waals surface area contributed by atoms with Gasteiger partial charge >= 0.3 is 6.18 Å². The lowest BCUT2D eigenvalue weighted by Crippen LogP contribution is -2.43. The minimum absolute atomic E-state index is 0.0183. The van der Waals surface area contributed by atoms with Gasteiger partial charge < -0.3 is 14.8 Å².